The third-order valence-electron chi connectivity index (χ3n) is 12.2. The van der Waals surface area contributed by atoms with Crippen molar-refractivity contribution in [2.24, 2.45) is 0 Å². The van der Waals surface area contributed by atoms with E-state index in [1.54, 1.807) is 37.3 Å². The molecule has 2 atom stereocenters. The number of hydrogen-bond donors (Lipinski definition) is 7. The number of ether oxygens (including phenoxy) is 4. The molecule has 23 nitrogen and oxygen atoms in total. The predicted octanol–water partition coefficient (Wildman–Crippen LogP) is -0.909. The molecule has 0 saturated heterocycles. The van der Waals surface area contributed by atoms with Gasteiger partial charge in [-0.2, -0.15) is 0 Å². The van der Waals surface area contributed by atoms with Crippen LogP contribution in [0.3, 0.4) is 0 Å². The third-order valence-corrected chi connectivity index (χ3v) is 12.2. The Labute approximate surface area is 415 Å². The Balaban J connectivity index is 0.856. The van der Waals surface area contributed by atoms with E-state index in [1.807, 2.05) is 0 Å². The summed E-state index contributed by atoms with van der Waals surface area (Å²) in [5.74, 6) is -6.14. The van der Waals surface area contributed by atoms with Crippen molar-refractivity contribution < 1.29 is 71.9 Å². The molecule has 3 aliphatic heterocycles. The molecule has 2 aromatic carbocycles. The normalized spacial score (nSPS) is 15.8. The van der Waals surface area contributed by atoms with Crippen LogP contribution in [0.4, 0.5) is 10.1 Å². The number of amides is 7. The molecule has 2 aromatic heterocycles. The zero-order valence-corrected chi connectivity index (χ0v) is 39.6. The predicted molar refractivity (Wildman–Crippen MR) is 253 cm³/mol. The van der Waals surface area contributed by atoms with Crippen molar-refractivity contribution >= 4 is 63.9 Å². The molecule has 4 aromatic rings. The lowest BCUT2D eigenvalue weighted by Gasteiger charge is -2.31. The first-order chi connectivity index (χ1) is 35.1. The molecule has 73 heavy (non-hydrogen) atoms. The first-order valence-electron chi connectivity index (χ1n) is 23.3. The molecule has 7 N–H and O–H groups in total. The van der Waals surface area contributed by atoms with Crippen LogP contribution in [0.1, 0.15) is 47.6 Å². The summed E-state index contributed by atoms with van der Waals surface area (Å²) in [4.78, 5) is 119. The summed E-state index contributed by atoms with van der Waals surface area (Å²) in [6.45, 7) is 0.177. The fraction of sp³-hybridized carbons (Fsp3) is 0.388. The number of hydrogen-bond acceptors (Lipinski definition) is 16. The van der Waals surface area contributed by atoms with Gasteiger partial charge in [-0.15, -0.1) is 0 Å². The van der Waals surface area contributed by atoms with Crippen LogP contribution in [-0.4, -0.2) is 144 Å². The van der Waals surface area contributed by atoms with E-state index in [9.17, 15) is 53.4 Å². The van der Waals surface area contributed by atoms with Crippen LogP contribution in [0, 0.1) is 5.82 Å². The number of carbonyl (C=O) groups is 8. The largest absolute Gasteiger partial charge is 0.458 e. The van der Waals surface area contributed by atoms with E-state index in [1.165, 1.54) is 28.9 Å². The van der Waals surface area contributed by atoms with Gasteiger partial charge in [0, 0.05) is 47.6 Å². The van der Waals surface area contributed by atoms with E-state index in [0.717, 1.165) is 11.0 Å². The summed E-state index contributed by atoms with van der Waals surface area (Å²) in [5.41, 5.74) is -0.792. The van der Waals surface area contributed by atoms with E-state index < -0.39 is 84.8 Å². The SMILES string of the molecule is CC[C@@]1(O)C(=O)OCc2c1cc1n(c2=O)Cc2c-1nc1cc(F)c(NC(=O)CNC(=O)C(Cc3ccccc3)NC(=O)CNC(=O)CNC(=O)CCOCCOCCOCCN3C(=O)C=CC3=O)cc1c2CO. The number of cyclic esters (lactones) is 1. The molecule has 1 unspecified atom stereocenters. The number of fused-ring (bicyclic) bond motifs is 5. The van der Waals surface area contributed by atoms with Crippen LogP contribution in [-0.2, 0) is 89.1 Å². The number of aliphatic hydroxyl groups excluding tert-OH is 1. The molecule has 386 valence electrons. The molecule has 0 aliphatic carbocycles. The number of carbonyl (C=O) groups excluding carboxylic acids is 8. The summed E-state index contributed by atoms with van der Waals surface area (Å²) in [6, 6.07) is 11.2. The Hall–Kier alpha value is -7.77. The van der Waals surface area contributed by atoms with Gasteiger partial charge in [0.25, 0.3) is 17.4 Å². The van der Waals surface area contributed by atoms with Crippen molar-refractivity contribution in [2.75, 3.05) is 71.1 Å². The van der Waals surface area contributed by atoms with Crippen LogP contribution in [0.2, 0.25) is 0 Å². The van der Waals surface area contributed by atoms with Gasteiger partial charge >= 0.3 is 5.97 Å². The van der Waals surface area contributed by atoms with E-state index in [0.29, 0.717) is 11.1 Å². The zero-order valence-electron chi connectivity index (χ0n) is 39.6. The number of aliphatic hydroxyl groups is 2. The lowest BCUT2D eigenvalue weighted by Crippen LogP contribution is -2.52. The minimum atomic E-state index is -2.07. The molecule has 5 heterocycles. The van der Waals surface area contributed by atoms with Crippen LogP contribution in [0.25, 0.3) is 22.3 Å². The summed E-state index contributed by atoms with van der Waals surface area (Å²) in [7, 11) is 0. The lowest BCUT2D eigenvalue weighted by atomic mass is 9.86. The second-order valence-electron chi connectivity index (χ2n) is 16.9. The van der Waals surface area contributed by atoms with Gasteiger partial charge in [0.15, 0.2) is 5.60 Å². The molecule has 7 rings (SSSR count). The van der Waals surface area contributed by atoms with Crippen molar-refractivity contribution in [2.45, 2.75) is 57.6 Å². The van der Waals surface area contributed by atoms with E-state index in [2.05, 4.69) is 31.6 Å². The fourth-order valence-corrected chi connectivity index (χ4v) is 8.27. The van der Waals surface area contributed by atoms with E-state index in [4.69, 9.17) is 18.9 Å². The highest BCUT2D eigenvalue weighted by molar-refractivity contribution is 6.12. The Morgan fingerprint density at radius 1 is 0.822 bits per heavy atom. The molecule has 0 fully saturated rings. The minimum absolute atomic E-state index is 0.0114. The summed E-state index contributed by atoms with van der Waals surface area (Å²) >= 11 is 0. The Morgan fingerprint density at radius 2 is 1.48 bits per heavy atom. The molecular formula is C49H53FN8O15. The maximum atomic E-state index is 15.7. The molecule has 0 saturated carbocycles. The highest BCUT2D eigenvalue weighted by atomic mass is 19.1. The number of imide groups is 1. The molecule has 0 spiro atoms. The summed E-state index contributed by atoms with van der Waals surface area (Å²) in [5, 5.41) is 34.2. The van der Waals surface area contributed by atoms with Gasteiger partial charge in [-0.1, -0.05) is 37.3 Å². The lowest BCUT2D eigenvalue weighted by molar-refractivity contribution is -0.172. The number of halogens is 1. The maximum absolute atomic E-state index is 15.7. The second-order valence-corrected chi connectivity index (χ2v) is 16.9. The topological polar surface area (TPSA) is 312 Å². The van der Waals surface area contributed by atoms with Crippen molar-refractivity contribution in [3.05, 3.63) is 105 Å². The van der Waals surface area contributed by atoms with Crippen molar-refractivity contribution in [3.63, 3.8) is 0 Å². The number of benzene rings is 2. The average molecular weight is 1010 g/mol. The zero-order chi connectivity index (χ0) is 52.2. The molecule has 24 heteroatoms. The maximum Gasteiger partial charge on any atom is 0.343 e. The first-order valence-corrected chi connectivity index (χ1v) is 23.3. The van der Waals surface area contributed by atoms with Crippen molar-refractivity contribution in [1.82, 2.24) is 35.7 Å². The van der Waals surface area contributed by atoms with Gasteiger partial charge in [-0.05, 0) is 29.7 Å². The van der Waals surface area contributed by atoms with E-state index >= 15 is 4.39 Å². The molecule has 3 aliphatic rings. The highest BCUT2D eigenvalue weighted by Crippen LogP contribution is 2.41. The van der Waals surface area contributed by atoms with Crippen LogP contribution in [0.15, 0.2) is 65.5 Å². The Bertz CT molecular complexity index is 2890. The third kappa shape index (κ3) is 12.6. The highest BCUT2D eigenvalue weighted by Gasteiger charge is 2.45. The minimum Gasteiger partial charge on any atom is -0.458 e. The molecule has 0 radical (unpaired) electrons. The monoisotopic (exact) mass is 1010 g/mol. The van der Waals surface area contributed by atoms with Crippen molar-refractivity contribution in [3.8, 4) is 11.4 Å². The first kappa shape index (κ1) is 53.0. The smallest absolute Gasteiger partial charge is 0.343 e. The number of nitrogens with zero attached hydrogens (tertiary/aromatic N) is 3. The molecule has 7 amide bonds. The van der Waals surface area contributed by atoms with Crippen LogP contribution in [0.5, 0.6) is 0 Å². The average Bonchev–Trinajstić information content (AvgIpc) is 3.91. The Kier molecular flexibility index (Phi) is 17.5. The fourth-order valence-electron chi connectivity index (χ4n) is 8.27. The number of aromatic nitrogens is 2. The number of rotatable bonds is 25. The van der Waals surface area contributed by atoms with E-state index in [-0.39, 0.29) is 135 Å². The van der Waals surface area contributed by atoms with Crippen molar-refractivity contribution in [1.29, 1.82) is 0 Å². The van der Waals surface area contributed by atoms with Gasteiger partial charge in [0.05, 0.1) is 107 Å². The standard InChI is InChI=1S/C49H53FN8O15/c1-2-49(69)33-20-38-45-30(25-58(38)47(67)32(33)27-73-48(49)68)31(26-59)29-19-36(34(50)21-35(29)56-45)54-42(63)24-53-46(66)37(18-28-6-4-3-5-7-28)55-41(62)23-52-40(61)22-51-39(60)10-12-70-14-16-72-17-15-71-13-11-57-43(64)8-9-44(57)65/h3-9,19-21,37,59,69H,2,10-18,22-27H2,1H3,(H,51,60)(H,52,61)(H,53,66)(H,54,63)(H,55,62)/t37?,49-/m0/s1. The van der Waals surface area contributed by atoms with Crippen LogP contribution < -0.4 is 32.1 Å². The van der Waals surface area contributed by atoms with Gasteiger partial charge in [0.1, 0.15) is 18.5 Å². The summed E-state index contributed by atoms with van der Waals surface area (Å²) < 4.78 is 38.3. The van der Waals surface area contributed by atoms with Gasteiger partial charge in [-0.3, -0.25) is 43.3 Å². The second kappa shape index (κ2) is 24.1. The van der Waals surface area contributed by atoms with Gasteiger partial charge in [-0.25, -0.2) is 14.2 Å². The van der Waals surface area contributed by atoms with Gasteiger partial charge < -0.3 is 60.3 Å². The van der Waals surface area contributed by atoms with Crippen LogP contribution >= 0.6 is 0 Å². The number of esters is 1. The Morgan fingerprint density at radius 3 is 2.18 bits per heavy atom. The molecule has 0 bridgehead atoms. The number of pyridine rings is 2. The number of anilines is 1. The molecular weight excluding hydrogens is 960 g/mol. The van der Waals surface area contributed by atoms with Gasteiger partial charge in [0.2, 0.25) is 29.5 Å². The summed E-state index contributed by atoms with van der Waals surface area (Å²) in [6.07, 6.45) is 2.25. The number of nitrogens with one attached hydrogen (secondary N) is 5. The quantitative estimate of drug-likeness (QED) is 0.0212.